The van der Waals surface area contributed by atoms with Crippen molar-refractivity contribution in [1.82, 2.24) is 9.97 Å². The van der Waals surface area contributed by atoms with Gasteiger partial charge in [-0.3, -0.25) is 4.98 Å². The van der Waals surface area contributed by atoms with E-state index in [2.05, 4.69) is 14.7 Å². The first kappa shape index (κ1) is 9.83. The zero-order chi connectivity index (χ0) is 9.84. The summed E-state index contributed by atoms with van der Waals surface area (Å²) in [6.45, 7) is 1.04. The molecule has 0 saturated carbocycles. The van der Waals surface area contributed by atoms with Crippen LogP contribution >= 0.6 is 0 Å². The summed E-state index contributed by atoms with van der Waals surface area (Å²) in [6, 6.07) is 0. The van der Waals surface area contributed by atoms with E-state index in [1.54, 1.807) is 0 Å². The van der Waals surface area contributed by atoms with E-state index in [0.717, 1.165) is 5.69 Å². The van der Waals surface area contributed by atoms with Gasteiger partial charge in [0.05, 0.1) is 18.1 Å². The fourth-order valence-corrected chi connectivity index (χ4v) is 0.776. The lowest BCUT2D eigenvalue weighted by Gasteiger charge is -2.05. The van der Waals surface area contributed by atoms with E-state index in [4.69, 9.17) is 0 Å². The quantitative estimate of drug-likeness (QED) is 0.729. The van der Waals surface area contributed by atoms with Crippen LogP contribution in [0.25, 0.3) is 0 Å². The maximum absolute atomic E-state index is 11.7. The van der Waals surface area contributed by atoms with Crippen LogP contribution < -0.4 is 4.74 Å². The Kier molecular flexibility index (Phi) is 3.11. The third kappa shape index (κ3) is 2.93. The minimum absolute atomic E-state index is 0.153. The van der Waals surface area contributed by atoms with E-state index in [0.29, 0.717) is 0 Å². The molecule has 0 amide bonds. The Morgan fingerprint density at radius 3 is 2.31 bits per heavy atom. The van der Waals surface area contributed by atoms with Gasteiger partial charge in [-0.1, -0.05) is 13.8 Å². The second kappa shape index (κ2) is 4.11. The van der Waals surface area contributed by atoms with Crippen LogP contribution in [-0.2, 0) is 0 Å². The maximum atomic E-state index is 11.7. The topological polar surface area (TPSA) is 35.0 Å². The van der Waals surface area contributed by atoms with Crippen molar-refractivity contribution in [3.05, 3.63) is 18.1 Å². The number of alkyl halides is 2. The highest BCUT2D eigenvalue weighted by molar-refractivity contribution is 5.09. The van der Waals surface area contributed by atoms with Crippen LogP contribution in [0.2, 0.25) is 0 Å². The first-order valence-corrected chi connectivity index (χ1v) is 3.86. The van der Waals surface area contributed by atoms with Crippen LogP contribution in [0.15, 0.2) is 12.4 Å². The molecule has 5 heteroatoms. The molecule has 0 aliphatic heterocycles. The molecule has 0 fully saturated rings. The number of rotatable bonds is 3. The highest BCUT2D eigenvalue weighted by Crippen LogP contribution is 2.13. The molecule has 1 rings (SSSR count). The van der Waals surface area contributed by atoms with Crippen LogP contribution in [0.5, 0.6) is 5.88 Å². The molecule has 0 spiro atoms. The molecule has 72 valence electrons. The highest BCUT2D eigenvalue weighted by atomic mass is 19.3. The SMILES string of the molecule is CC(C)c1cnc(OC(F)F)cn1. The second-order valence-corrected chi connectivity index (χ2v) is 2.81. The lowest BCUT2D eigenvalue weighted by molar-refractivity contribution is -0.0531. The first-order chi connectivity index (χ1) is 6.09. The van der Waals surface area contributed by atoms with Gasteiger partial charge < -0.3 is 4.74 Å². The normalized spacial score (nSPS) is 10.9. The lowest BCUT2D eigenvalue weighted by atomic mass is 10.1. The molecule has 0 aliphatic carbocycles. The summed E-state index contributed by atoms with van der Waals surface area (Å²) in [5, 5.41) is 0. The van der Waals surface area contributed by atoms with Crippen molar-refractivity contribution in [3.63, 3.8) is 0 Å². The van der Waals surface area contributed by atoms with Gasteiger partial charge in [0.15, 0.2) is 0 Å². The smallest absolute Gasteiger partial charge is 0.388 e. The van der Waals surface area contributed by atoms with Gasteiger partial charge in [0.1, 0.15) is 0 Å². The summed E-state index contributed by atoms with van der Waals surface area (Å²) >= 11 is 0. The van der Waals surface area contributed by atoms with Crippen molar-refractivity contribution in [2.75, 3.05) is 0 Å². The van der Waals surface area contributed by atoms with Gasteiger partial charge in [-0.25, -0.2) is 4.98 Å². The van der Waals surface area contributed by atoms with Gasteiger partial charge in [0.2, 0.25) is 5.88 Å². The molecular weight excluding hydrogens is 178 g/mol. The van der Waals surface area contributed by atoms with Gasteiger partial charge in [0, 0.05) is 0 Å². The fourth-order valence-electron chi connectivity index (χ4n) is 0.776. The molecule has 0 bridgehead atoms. The molecule has 0 atom stereocenters. The number of aromatic nitrogens is 2. The van der Waals surface area contributed by atoms with E-state index in [-0.39, 0.29) is 11.8 Å². The third-order valence-electron chi connectivity index (χ3n) is 1.45. The second-order valence-electron chi connectivity index (χ2n) is 2.81. The molecule has 0 saturated heterocycles. The molecule has 0 aromatic carbocycles. The molecule has 1 aromatic heterocycles. The zero-order valence-electron chi connectivity index (χ0n) is 7.37. The number of ether oxygens (including phenoxy) is 1. The standard InChI is InChI=1S/C8H10F2N2O/c1-5(2)6-3-12-7(4-11-6)13-8(9)10/h3-5,8H,1-2H3. The van der Waals surface area contributed by atoms with E-state index in [1.807, 2.05) is 13.8 Å². The molecule has 0 radical (unpaired) electrons. The highest BCUT2D eigenvalue weighted by Gasteiger charge is 2.06. The van der Waals surface area contributed by atoms with Crippen LogP contribution in [0, 0.1) is 0 Å². The molecule has 0 N–H and O–H groups in total. The van der Waals surface area contributed by atoms with E-state index < -0.39 is 6.61 Å². The predicted octanol–water partition coefficient (Wildman–Crippen LogP) is 2.20. The molecule has 1 aromatic rings. The Morgan fingerprint density at radius 1 is 1.23 bits per heavy atom. The van der Waals surface area contributed by atoms with Crippen molar-refractivity contribution < 1.29 is 13.5 Å². The summed E-state index contributed by atoms with van der Waals surface area (Å²) in [7, 11) is 0. The van der Waals surface area contributed by atoms with Crippen LogP contribution in [0.4, 0.5) is 8.78 Å². The van der Waals surface area contributed by atoms with Crippen molar-refractivity contribution in [1.29, 1.82) is 0 Å². The summed E-state index contributed by atoms with van der Waals surface area (Å²) in [4.78, 5) is 7.59. The average molecular weight is 188 g/mol. The molecular formula is C8H10F2N2O. The minimum Gasteiger partial charge on any atom is -0.415 e. The molecule has 0 aliphatic rings. The molecule has 1 heterocycles. The van der Waals surface area contributed by atoms with Crippen LogP contribution in [0.3, 0.4) is 0 Å². The van der Waals surface area contributed by atoms with Gasteiger partial charge in [-0.2, -0.15) is 8.78 Å². The fraction of sp³-hybridized carbons (Fsp3) is 0.500. The van der Waals surface area contributed by atoms with Gasteiger partial charge >= 0.3 is 6.61 Å². The number of hydrogen-bond acceptors (Lipinski definition) is 3. The summed E-state index contributed by atoms with van der Waals surface area (Å²) in [5.41, 5.74) is 0.751. The monoisotopic (exact) mass is 188 g/mol. The van der Waals surface area contributed by atoms with Gasteiger partial charge in [-0.05, 0) is 5.92 Å². The van der Waals surface area contributed by atoms with Crippen molar-refractivity contribution in [3.8, 4) is 5.88 Å². The van der Waals surface area contributed by atoms with E-state index >= 15 is 0 Å². The Bertz CT molecular complexity index is 261. The Labute approximate surface area is 74.8 Å². The van der Waals surface area contributed by atoms with Crippen molar-refractivity contribution in [2.45, 2.75) is 26.4 Å². The molecule has 3 nitrogen and oxygen atoms in total. The van der Waals surface area contributed by atoms with Crippen molar-refractivity contribution >= 4 is 0 Å². The van der Waals surface area contributed by atoms with Crippen molar-refractivity contribution in [2.24, 2.45) is 0 Å². The third-order valence-corrected chi connectivity index (χ3v) is 1.45. The van der Waals surface area contributed by atoms with Crippen LogP contribution in [-0.4, -0.2) is 16.6 Å². The molecule has 0 unspecified atom stereocenters. The largest absolute Gasteiger partial charge is 0.415 e. The zero-order valence-corrected chi connectivity index (χ0v) is 7.37. The Morgan fingerprint density at radius 2 is 1.92 bits per heavy atom. The first-order valence-electron chi connectivity index (χ1n) is 3.86. The summed E-state index contributed by atoms with van der Waals surface area (Å²) in [6.07, 6.45) is 2.63. The lowest BCUT2D eigenvalue weighted by Crippen LogP contribution is -2.04. The van der Waals surface area contributed by atoms with E-state index in [9.17, 15) is 8.78 Å². The maximum Gasteiger partial charge on any atom is 0.388 e. The van der Waals surface area contributed by atoms with Gasteiger partial charge in [-0.15, -0.1) is 0 Å². The summed E-state index contributed by atoms with van der Waals surface area (Å²) < 4.78 is 27.4. The predicted molar refractivity (Wildman–Crippen MR) is 42.8 cm³/mol. The molecule has 13 heavy (non-hydrogen) atoms. The average Bonchev–Trinajstić information content (AvgIpc) is 2.04. The minimum atomic E-state index is -2.85. The number of hydrogen-bond donors (Lipinski definition) is 0. The van der Waals surface area contributed by atoms with Gasteiger partial charge in [0.25, 0.3) is 0 Å². The Hall–Kier alpha value is -1.26. The summed E-state index contributed by atoms with van der Waals surface area (Å²) in [5.74, 6) is 0.0764. The van der Waals surface area contributed by atoms with Crippen LogP contribution in [0.1, 0.15) is 25.5 Å². The Balaban J connectivity index is 2.70. The number of nitrogens with zero attached hydrogens (tertiary/aromatic N) is 2. The van der Waals surface area contributed by atoms with E-state index in [1.165, 1.54) is 12.4 Å². The number of halogens is 2.